The minimum absolute atomic E-state index is 0.742. The predicted octanol–water partition coefficient (Wildman–Crippen LogP) is 5.07. The Hall–Kier alpha value is -2.37. The highest BCUT2D eigenvalue weighted by molar-refractivity contribution is 7.94. The fraction of sp³-hybridized carbons (Fsp3) is 0. The number of hydrogen-bond donors (Lipinski definition) is 1. The molecule has 0 amide bonds. The van der Waals surface area contributed by atoms with Crippen molar-refractivity contribution in [3.63, 3.8) is 0 Å². The van der Waals surface area contributed by atoms with Crippen LogP contribution in [0.1, 0.15) is 0 Å². The van der Waals surface area contributed by atoms with E-state index in [1.165, 1.54) is 22.9 Å². The molecule has 0 saturated heterocycles. The molecule has 6 nitrogen and oxygen atoms in total. The van der Waals surface area contributed by atoms with Gasteiger partial charge >= 0.3 is 0 Å². The number of benzene rings is 1. The number of nitrogens with zero attached hydrogens (tertiary/aromatic N) is 4. The van der Waals surface area contributed by atoms with E-state index < -0.39 is 11.4 Å². The van der Waals surface area contributed by atoms with E-state index in [2.05, 4.69) is 19.3 Å². The normalized spacial score (nSPS) is 12.3. The van der Waals surface area contributed by atoms with Crippen LogP contribution in [0, 0.1) is 0 Å². The lowest BCUT2D eigenvalue weighted by Gasteiger charge is -2.12. The van der Waals surface area contributed by atoms with Gasteiger partial charge in [0.25, 0.3) is 0 Å². The largest absolute Gasteiger partial charge is 0.587 e. The van der Waals surface area contributed by atoms with Crippen molar-refractivity contribution in [2.24, 2.45) is 0 Å². The number of aromatic nitrogens is 4. The summed E-state index contributed by atoms with van der Waals surface area (Å²) >= 11 is 2.98. The highest BCUT2D eigenvalue weighted by Crippen LogP contribution is 2.37. The average molecular weight is 442 g/mol. The lowest BCUT2D eigenvalue weighted by Crippen LogP contribution is -2.12. The standard InChI is InChI=1S/C18H11N5OS4/c24-28(17-6-5-14(25-17)16-10-20-23-27-16)22-12-4-2-1-3-11(12)18-21-13-7-8-19-9-15(13)26-18/h1-10,22H. The molecule has 28 heavy (non-hydrogen) atoms. The van der Waals surface area contributed by atoms with E-state index in [1.54, 1.807) is 23.7 Å². The van der Waals surface area contributed by atoms with Gasteiger partial charge in [-0.15, -0.1) is 16.4 Å². The molecule has 4 heterocycles. The third-order valence-electron chi connectivity index (χ3n) is 3.92. The van der Waals surface area contributed by atoms with Crippen molar-refractivity contribution in [2.75, 3.05) is 4.72 Å². The van der Waals surface area contributed by atoms with E-state index >= 15 is 0 Å². The zero-order valence-electron chi connectivity index (χ0n) is 14.1. The van der Waals surface area contributed by atoms with Crippen LogP contribution in [0.5, 0.6) is 0 Å². The zero-order valence-corrected chi connectivity index (χ0v) is 17.4. The van der Waals surface area contributed by atoms with Gasteiger partial charge in [0.15, 0.2) is 0 Å². The monoisotopic (exact) mass is 441 g/mol. The lowest BCUT2D eigenvalue weighted by molar-refractivity contribution is 0.602. The maximum atomic E-state index is 12.9. The maximum Gasteiger partial charge on any atom is 0.234 e. The molecule has 1 atom stereocenters. The summed E-state index contributed by atoms with van der Waals surface area (Å²) in [4.78, 5) is 10.8. The van der Waals surface area contributed by atoms with E-state index in [-0.39, 0.29) is 0 Å². The van der Waals surface area contributed by atoms with Gasteiger partial charge in [0.1, 0.15) is 16.4 Å². The van der Waals surface area contributed by atoms with Crippen LogP contribution < -0.4 is 4.72 Å². The molecule has 0 aliphatic rings. The molecule has 1 aromatic carbocycles. The minimum Gasteiger partial charge on any atom is -0.587 e. The highest BCUT2D eigenvalue weighted by Gasteiger charge is 2.19. The van der Waals surface area contributed by atoms with Gasteiger partial charge in [-0.25, -0.2) is 9.71 Å². The molecule has 0 radical (unpaired) electrons. The van der Waals surface area contributed by atoms with Gasteiger partial charge in [0.2, 0.25) is 4.21 Å². The maximum absolute atomic E-state index is 12.9. The van der Waals surface area contributed by atoms with Crippen molar-refractivity contribution in [3.8, 4) is 20.3 Å². The number of pyridine rings is 1. The molecule has 0 saturated carbocycles. The Balaban J connectivity index is 1.44. The lowest BCUT2D eigenvalue weighted by atomic mass is 10.2. The first-order chi connectivity index (χ1) is 13.8. The average Bonchev–Trinajstić information content (AvgIpc) is 3.47. The second kappa shape index (κ2) is 7.57. The smallest absolute Gasteiger partial charge is 0.234 e. The molecule has 0 aliphatic heterocycles. The van der Waals surface area contributed by atoms with Crippen LogP contribution in [0.4, 0.5) is 5.69 Å². The van der Waals surface area contributed by atoms with Crippen molar-refractivity contribution >= 4 is 61.5 Å². The van der Waals surface area contributed by atoms with Crippen LogP contribution >= 0.6 is 34.2 Å². The van der Waals surface area contributed by atoms with Crippen LogP contribution in [-0.2, 0) is 11.4 Å². The molecular formula is C18H11N5OS4. The Morgan fingerprint density at radius 1 is 0.964 bits per heavy atom. The van der Waals surface area contributed by atoms with Gasteiger partial charge in [-0.1, -0.05) is 28.0 Å². The van der Waals surface area contributed by atoms with E-state index in [0.29, 0.717) is 0 Å². The highest BCUT2D eigenvalue weighted by atomic mass is 32.2. The van der Waals surface area contributed by atoms with Gasteiger partial charge in [0.05, 0.1) is 31.9 Å². The third kappa shape index (κ3) is 3.40. The third-order valence-corrected chi connectivity index (χ3v) is 8.31. The number of nitrogens with one attached hydrogen (secondary N) is 1. The molecule has 0 aliphatic carbocycles. The van der Waals surface area contributed by atoms with Gasteiger partial charge in [-0.05, 0) is 35.8 Å². The fourth-order valence-electron chi connectivity index (χ4n) is 2.63. The number of anilines is 1. The molecule has 5 rings (SSSR count). The van der Waals surface area contributed by atoms with E-state index in [9.17, 15) is 4.55 Å². The van der Waals surface area contributed by atoms with E-state index in [0.717, 1.165) is 40.4 Å². The number of rotatable bonds is 5. The van der Waals surface area contributed by atoms with Gasteiger partial charge in [0, 0.05) is 24.0 Å². The summed E-state index contributed by atoms with van der Waals surface area (Å²) in [6, 6.07) is 13.5. The van der Waals surface area contributed by atoms with Crippen LogP contribution in [0.15, 0.2) is 65.3 Å². The van der Waals surface area contributed by atoms with E-state index in [4.69, 9.17) is 4.98 Å². The number of para-hydroxylation sites is 1. The Morgan fingerprint density at radius 3 is 2.75 bits per heavy atom. The molecule has 1 unspecified atom stereocenters. The Kier molecular flexibility index (Phi) is 4.79. The number of fused-ring (bicyclic) bond motifs is 1. The molecule has 0 fully saturated rings. The van der Waals surface area contributed by atoms with E-state index in [1.807, 2.05) is 48.7 Å². The molecular weight excluding hydrogens is 431 g/mol. The summed E-state index contributed by atoms with van der Waals surface area (Å²) in [6.07, 6.45) is 5.26. The Labute approximate surface area is 175 Å². The minimum atomic E-state index is -1.38. The summed E-state index contributed by atoms with van der Waals surface area (Å²) in [7, 11) is 0. The summed E-state index contributed by atoms with van der Waals surface area (Å²) < 4.78 is 21.7. The molecule has 0 spiro atoms. The molecule has 5 aromatic rings. The van der Waals surface area contributed by atoms with Crippen molar-refractivity contribution in [3.05, 3.63) is 61.1 Å². The first-order valence-corrected chi connectivity index (χ1v) is 11.7. The molecule has 0 bridgehead atoms. The zero-order chi connectivity index (χ0) is 18.9. The summed E-state index contributed by atoms with van der Waals surface area (Å²) in [5.41, 5.74) is 2.61. The van der Waals surface area contributed by atoms with Gasteiger partial charge in [-0.3, -0.25) is 4.98 Å². The van der Waals surface area contributed by atoms with Crippen molar-refractivity contribution in [1.82, 2.24) is 19.6 Å². The number of thiazole rings is 1. The summed E-state index contributed by atoms with van der Waals surface area (Å²) in [5, 5.41) is 4.72. The molecule has 4 aromatic heterocycles. The fourth-order valence-corrected chi connectivity index (χ4v) is 6.28. The molecule has 10 heteroatoms. The predicted molar refractivity (Wildman–Crippen MR) is 116 cm³/mol. The van der Waals surface area contributed by atoms with Crippen molar-refractivity contribution < 1.29 is 4.55 Å². The van der Waals surface area contributed by atoms with Crippen LogP contribution in [-0.4, -0.2) is 24.1 Å². The SMILES string of the molecule is [O-][S+](Nc1ccccc1-c1nc2ccncc2s1)c1ccc(-c2cnns2)s1. The first-order valence-electron chi connectivity index (χ1n) is 8.14. The quantitative estimate of drug-likeness (QED) is 0.383. The summed E-state index contributed by atoms with van der Waals surface area (Å²) in [6.45, 7) is 0. The molecule has 1 N–H and O–H groups in total. The van der Waals surface area contributed by atoms with Crippen LogP contribution in [0.25, 0.3) is 30.5 Å². The number of thiophene rings is 1. The van der Waals surface area contributed by atoms with Crippen LogP contribution in [0.2, 0.25) is 0 Å². The summed E-state index contributed by atoms with van der Waals surface area (Å²) in [5.74, 6) is 0. The topological polar surface area (TPSA) is 86.6 Å². The second-order valence-corrected chi connectivity index (χ2v) is 10.0. The van der Waals surface area contributed by atoms with Gasteiger partial charge in [-0.2, -0.15) is 0 Å². The Morgan fingerprint density at radius 2 is 1.89 bits per heavy atom. The van der Waals surface area contributed by atoms with Crippen molar-refractivity contribution in [2.45, 2.75) is 4.21 Å². The van der Waals surface area contributed by atoms with Crippen molar-refractivity contribution in [1.29, 1.82) is 0 Å². The number of hydrogen-bond acceptors (Lipinski definition) is 9. The Bertz CT molecular complexity index is 1200. The second-order valence-electron chi connectivity index (χ2n) is 5.68. The van der Waals surface area contributed by atoms with Crippen LogP contribution in [0.3, 0.4) is 0 Å². The first kappa shape index (κ1) is 17.7. The molecule has 138 valence electrons. The van der Waals surface area contributed by atoms with Gasteiger partial charge < -0.3 is 4.55 Å².